The van der Waals surface area contributed by atoms with Crippen LogP contribution in [0.15, 0.2) is 84.9 Å². The highest BCUT2D eigenvalue weighted by Crippen LogP contribution is 2.51. The van der Waals surface area contributed by atoms with Crippen LogP contribution in [0.25, 0.3) is 0 Å². The Morgan fingerprint density at radius 2 is 1.51 bits per heavy atom. The van der Waals surface area contributed by atoms with Crippen molar-refractivity contribution >= 4 is 29.4 Å². The van der Waals surface area contributed by atoms with Crippen molar-refractivity contribution in [3.05, 3.63) is 107 Å². The fourth-order valence-electron chi connectivity index (χ4n) is 5.50. The molecule has 2 heterocycles. The van der Waals surface area contributed by atoms with Crippen LogP contribution in [0, 0.1) is 11.8 Å². The first-order valence-corrected chi connectivity index (χ1v) is 11.9. The van der Waals surface area contributed by atoms with Crippen LogP contribution in [0.1, 0.15) is 22.7 Å². The van der Waals surface area contributed by atoms with Gasteiger partial charge in [-0.25, -0.2) is 0 Å². The van der Waals surface area contributed by atoms with E-state index in [0.717, 1.165) is 11.1 Å². The van der Waals surface area contributed by atoms with E-state index in [1.54, 1.807) is 12.1 Å². The van der Waals surface area contributed by atoms with Crippen LogP contribution in [0.3, 0.4) is 0 Å². The lowest BCUT2D eigenvalue weighted by atomic mass is 9.76. The number of carbonyl (C=O) groups is 3. The number of carbonyl (C=O) groups excluding carboxylic acids is 3. The van der Waals surface area contributed by atoms with Gasteiger partial charge in [0.15, 0.2) is 0 Å². The van der Waals surface area contributed by atoms with Crippen LogP contribution in [-0.2, 0) is 32.1 Å². The molecule has 0 unspecified atom stereocenters. The van der Waals surface area contributed by atoms with Gasteiger partial charge in [-0.1, -0.05) is 90.5 Å². The molecule has 0 bridgehead atoms. The van der Waals surface area contributed by atoms with E-state index in [2.05, 4.69) is 5.32 Å². The second kappa shape index (κ2) is 9.29. The van der Waals surface area contributed by atoms with Gasteiger partial charge in [-0.15, -0.1) is 0 Å². The Kier molecular flexibility index (Phi) is 6.17. The number of amides is 2. The molecule has 0 aliphatic carbocycles. The van der Waals surface area contributed by atoms with E-state index in [1.807, 2.05) is 72.8 Å². The zero-order chi connectivity index (χ0) is 24.6. The number of methoxy groups -OCH3 is 1. The molecule has 2 aliphatic rings. The molecule has 7 heteroatoms. The fourth-order valence-corrected chi connectivity index (χ4v) is 5.75. The van der Waals surface area contributed by atoms with Gasteiger partial charge in [-0.2, -0.15) is 0 Å². The lowest BCUT2D eigenvalue weighted by Gasteiger charge is -2.32. The summed E-state index contributed by atoms with van der Waals surface area (Å²) in [6, 6.07) is 25.4. The van der Waals surface area contributed by atoms with E-state index < -0.39 is 29.4 Å². The summed E-state index contributed by atoms with van der Waals surface area (Å²) in [5.74, 6) is -3.01. The van der Waals surface area contributed by atoms with E-state index in [0.29, 0.717) is 10.6 Å². The first-order valence-electron chi connectivity index (χ1n) is 11.5. The molecule has 0 aromatic heterocycles. The maximum Gasteiger partial charge on any atom is 0.327 e. The van der Waals surface area contributed by atoms with Gasteiger partial charge in [-0.3, -0.25) is 24.6 Å². The van der Waals surface area contributed by atoms with E-state index >= 15 is 0 Å². The van der Waals surface area contributed by atoms with Crippen LogP contribution < -0.4 is 5.32 Å². The molecule has 0 spiro atoms. The average molecular weight is 489 g/mol. The molecule has 3 aromatic carbocycles. The van der Waals surface area contributed by atoms with Crippen molar-refractivity contribution in [2.24, 2.45) is 11.8 Å². The summed E-state index contributed by atoms with van der Waals surface area (Å²) in [5.41, 5.74) is 0.933. The number of nitrogens with zero attached hydrogens (tertiary/aromatic N) is 1. The predicted octanol–water partition coefficient (Wildman–Crippen LogP) is 3.94. The van der Waals surface area contributed by atoms with Crippen LogP contribution in [0.4, 0.5) is 0 Å². The van der Waals surface area contributed by atoms with E-state index in [4.69, 9.17) is 16.3 Å². The molecule has 3 aromatic rings. The Bertz CT molecular complexity index is 1270. The lowest BCUT2D eigenvalue weighted by Crippen LogP contribution is -2.57. The Morgan fingerprint density at radius 1 is 0.914 bits per heavy atom. The Labute approximate surface area is 208 Å². The van der Waals surface area contributed by atoms with Gasteiger partial charge >= 0.3 is 5.97 Å². The fraction of sp³-hybridized carbons (Fsp3) is 0.250. The van der Waals surface area contributed by atoms with E-state index in [1.165, 1.54) is 12.0 Å². The number of ether oxygens (including phenoxy) is 1. The molecule has 35 heavy (non-hydrogen) atoms. The molecule has 0 radical (unpaired) electrons. The molecule has 0 saturated carbocycles. The average Bonchev–Trinajstić information content (AvgIpc) is 3.34. The van der Waals surface area contributed by atoms with Gasteiger partial charge in [0.2, 0.25) is 11.8 Å². The van der Waals surface area contributed by atoms with Crippen molar-refractivity contribution in [1.29, 1.82) is 0 Å². The van der Waals surface area contributed by atoms with Crippen LogP contribution >= 0.6 is 11.6 Å². The summed E-state index contributed by atoms with van der Waals surface area (Å²) in [7, 11) is 1.30. The third kappa shape index (κ3) is 3.93. The first-order chi connectivity index (χ1) is 17.0. The van der Waals surface area contributed by atoms with Gasteiger partial charge in [0, 0.05) is 17.5 Å². The third-order valence-electron chi connectivity index (χ3n) is 7.04. The Hall–Kier alpha value is -3.48. The zero-order valence-electron chi connectivity index (χ0n) is 19.2. The van der Waals surface area contributed by atoms with Gasteiger partial charge in [0.05, 0.1) is 25.5 Å². The number of hydrogen-bond donors (Lipinski definition) is 1. The zero-order valence-corrected chi connectivity index (χ0v) is 19.9. The normalized spacial score (nSPS) is 25.5. The highest BCUT2D eigenvalue weighted by Gasteiger charge is 2.68. The highest BCUT2D eigenvalue weighted by atomic mass is 35.5. The summed E-state index contributed by atoms with van der Waals surface area (Å²) in [4.78, 5) is 42.5. The number of hydrogen-bond acceptors (Lipinski definition) is 5. The molecule has 2 aliphatic heterocycles. The summed E-state index contributed by atoms with van der Waals surface area (Å²) in [5, 5.41) is 3.84. The Balaban J connectivity index is 1.64. The number of imide groups is 1. The van der Waals surface area contributed by atoms with Crippen LogP contribution in [-0.4, -0.2) is 35.3 Å². The second-order valence-corrected chi connectivity index (χ2v) is 9.43. The summed E-state index contributed by atoms with van der Waals surface area (Å²) in [6.07, 6.45) is 0.195. The number of halogens is 1. The largest absolute Gasteiger partial charge is 0.468 e. The minimum absolute atomic E-state index is 0.142. The number of esters is 1. The van der Waals surface area contributed by atoms with Crippen LogP contribution in [0.5, 0.6) is 0 Å². The molecule has 6 nitrogen and oxygen atoms in total. The first kappa shape index (κ1) is 23.3. The molecule has 1 N–H and O–H groups in total. The minimum Gasteiger partial charge on any atom is -0.468 e. The van der Waals surface area contributed by atoms with Crippen molar-refractivity contribution in [2.75, 3.05) is 7.11 Å². The Morgan fingerprint density at radius 3 is 2.14 bits per heavy atom. The maximum atomic E-state index is 13.9. The molecule has 178 valence electrons. The van der Waals surface area contributed by atoms with Gasteiger partial charge in [0.1, 0.15) is 5.54 Å². The molecule has 2 amide bonds. The summed E-state index contributed by atoms with van der Waals surface area (Å²) >= 11 is 6.55. The summed E-state index contributed by atoms with van der Waals surface area (Å²) in [6.45, 7) is 0.142. The van der Waals surface area contributed by atoms with Gasteiger partial charge in [-0.05, 0) is 22.8 Å². The molecule has 2 fully saturated rings. The van der Waals surface area contributed by atoms with Gasteiger partial charge in [0.25, 0.3) is 0 Å². The molecule has 2 saturated heterocycles. The third-order valence-corrected chi connectivity index (χ3v) is 7.39. The highest BCUT2D eigenvalue weighted by molar-refractivity contribution is 6.31. The quantitative estimate of drug-likeness (QED) is 0.420. The topological polar surface area (TPSA) is 75.7 Å². The minimum atomic E-state index is -1.43. The molecule has 5 rings (SSSR count). The van der Waals surface area contributed by atoms with E-state index in [9.17, 15) is 14.4 Å². The standard InChI is InChI=1S/C28H25ClN2O4/c1-35-27(34)28(16-18-10-4-2-5-11-18)23-22(24(30-28)20-14-8-9-15-21(20)29)25(32)31(26(23)33)17-19-12-6-3-7-13-19/h2-15,22-24,30H,16-17H2,1H3/t22-,23-,24+,28-/m1/s1. The summed E-state index contributed by atoms with van der Waals surface area (Å²) < 4.78 is 5.25. The number of rotatable bonds is 6. The predicted molar refractivity (Wildman–Crippen MR) is 131 cm³/mol. The van der Waals surface area contributed by atoms with Crippen molar-refractivity contribution in [1.82, 2.24) is 10.2 Å². The number of nitrogens with one attached hydrogen (secondary N) is 1. The van der Waals surface area contributed by atoms with Crippen molar-refractivity contribution in [3.8, 4) is 0 Å². The number of likely N-dealkylation sites (tertiary alicyclic amines) is 1. The second-order valence-electron chi connectivity index (χ2n) is 9.02. The van der Waals surface area contributed by atoms with Crippen molar-refractivity contribution in [2.45, 2.75) is 24.5 Å². The molecular formula is C28H25ClN2O4. The van der Waals surface area contributed by atoms with Crippen molar-refractivity contribution < 1.29 is 19.1 Å². The maximum absolute atomic E-state index is 13.9. The van der Waals surface area contributed by atoms with Crippen molar-refractivity contribution in [3.63, 3.8) is 0 Å². The van der Waals surface area contributed by atoms with Crippen LogP contribution in [0.2, 0.25) is 5.02 Å². The monoisotopic (exact) mass is 488 g/mol. The molecular weight excluding hydrogens is 464 g/mol. The number of fused-ring (bicyclic) bond motifs is 1. The molecule has 4 atom stereocenters. The van der Waals surface area contributed by atoms with Gasteiger partial charge < -0.3 is 4.74 Å². The SMILES string of the molecule is COC(=O)[C@]1(Cc2ccccc2)N[C@@H](c2ccccc2Cl)[C@@H]2C(=O)N(Cc3ccccc3)C(=O)[C@@H]21. The smallest absolute Gasteiger partial charge is 0.327 e. The lowest BCUT2D eigenvalue weighted by molar-refractivity contribution is -0.154. The van der Waals surface area contributed by atoms with E-state index in [-0.39, 0.29) is 24.8 Å². The number of benzene rings is 3.